The van der Waals surface area contributed by atoms with Crippen molar-refractivity contribution in [2.45, 2.75) is 32.7 Å². The highest BCUT2D eigenvalue weighted by atomic mass is 16.2. The van der Waals surface area contributed by atoms with Gasteiger partial charge in [-0.15, -0.1) is 0 Å². The third kappa shape index (κ3) is 3.45. The summed E-state index contributed by atoms with van der Waals surface area (Å²) in [4.78, 5) is 14.3. The van der Waals surface area contributed by atoms with Crippen molar-refractivity contribution in [1.82, 2.24) is 20.0 Å². The molecular weight excluding hydrogens is 288 g/mol. The van der Waals surface area contributed by atoms with Gasteiger partial charge in [-0.3, -0.25) is 4.79 Å². The van der Waals surface area contributed by atoms with Gasteiger partial charge in [-0.05, 0) is 50.6 Å². The molecule has 1 aliphatic rings. The first-order chi connectivity index (χ1) is 11.0. The van der Waals surface area contributed by atoms with Crippen LogP contribution in [0.25, 0.3) is 5.69 Å². The number of carbonyl (C=O) groups is 1. The van der Waals surface area contributed by atoms with Gasteiger partial charge in [-0.1, -0.05) is 12.1 Å². The Labute approximate surface area is 137 Å². The average Bonchev–Trinajstić information content (AvgIpc) is 3.17. The Kier molecular flexibility index (Phi) is 4.48. The molecule has 1 fully saturated rings. The third-order valence-corrected chi connectivity index (χ3v) is 4.52. The molecule has 0 spiro atoms. The quantitative estimate of drug-likeness (QED) is 0.937. The molecule has 1 amide bonds. The highest BCUT2D eigenvalue weighted by Crippen LogP contribution is 2.15. The first-order valence-electron chi connectivity index (χ1n) is 8.13. The van der Waals surface area contributed by atoms with Crippen LogP contribution in [-0.2, 0) is 11.2 Å². The van der Waals surface area contributed by atoms with Gasteiger partial charge in [-0.25, -0.2) is 4.68 Å². The van der Waals surface area contributed by atoms with E-state index in [1.807, 2.05) is 54.7 Å². The lowest BCUT2D eigenvalue weighted by molar-refractivity contribution is -0.130. The molecule has 2 heterocycles. The van der Waals surface area contributed by atoms with Gasteiger partial charge in [0, 0.05) is 25.3 Å². The average molecular weight is 312 g/mol. The van der Waals surface area contributed by atoms with Crippen LogP contribution in [0, 0.1) is 13.8 Å². The van der Waals surface area contributed by atoms with Crippen molar-refractivity contribution in [1.29, 1.82) is 0 Å². The van der Waals surface area contributed by atoms with E-state index in [1.54, 1.807) is 0 Å². The number of hydrogen-bond acceptors (Lipinski definition) is 3. The predicted octanol–water partition coefficient (Wildman–Crippen LogP) is 1.85. The third-order valence-electron chi connectivity index (χ3n) is 4.52. The van der Waals surface area contributed by atoms with Crippen molar-refractivity contribution in [2.24, 2.45) is 0 Å². The Morgan fingerprint density at radius 2 is 2.09 bits per heavy atom. The van der Waals surface area contributed by atoms with E-state index in [4.69, 9.17) is 0 Å². The van der Waals surface area contributed by atoms with Gasteiger partial charge < -0.3 is 10.2 Å². The molecule has 23 heavy (non-hydrogen) atoms. The zero-order chi connectivity index (χ0) is 16.4. The van der Waals surface area contributed by atoms with Gasteiger partial charge in [-0.2, -0.15) is 5.10 Å². The lowest BCUT2D eigenvalue weighted by Crippen LogP contribution is -2.39. The minimum absolute atomic E-state index is 0.178. The van der Waals surface area contributed by atoms with Crippen LogP contribution in [0.2, 0.25) is 0 Å². The molecule has 1 unspecified atom stereocenters. The lowest BCUT2D eigenvalue weighted by atomic mass is 10.1. The maximum absolute atomic E-state index is 12.4. The van der Waals surface area contributed by atoms with Crippen LogP contribution >= 0.6 is 0 Å². The van der Waals surface area contributed by atoms with Crippen LogP contribution in [0.5, 0.6) is 0 Å². The summed E-state index contributed by atoms with van der Waals surface area (Å²) in [5, 5.41) is 7.79. The molecule has 5 nitrogen and oxygen atoms in total. The molecule has 2 aromatic rings. The Bertz CT molecular complexity index is 684. The SMILES string of the molecule is Cc1cc(C)n(-c2ccc(CC(=O)N(C)C3CCNC3)cc2)n1. The first kappa shape index (κ1) is 15.7. The van der Waals surface area contributed by atoms with E-state index in [0.29, 0.717) is 12.5 Å². The van der Waals surface area contributed by atoms with Gasteiger partial charge in [0.2, 0.25) is 5.91 Å². The number of rotatable bonds is 4. The molecule has 1 N–H and O–H groups in total. The molecule has 1 saturated heterocycles. The van der Waals surface area contributed by atoms with Crippen molar-refractivity contribution in [3.05, 3.63) is 47.3 Å². The van der Waals surface area contributed by atoms with Crippen molar-refractivity contribution in [3.8, 4) is 5.69 Å². The Balaban J connectivity index is 1.67. The molecule has 1 atom stereocenters. The van der Waals surface area contributed by atoms with Crippen molar-refractivity contribution in [2.75, 3.05) is 20.1 Å². The smallest absolute Gasteiger partial charge is 0.227 e. The molecule has 1 aromatic carbocycles. The number of nitrogens with zero attached hydrogens (tertiary/aromatic N) is 3. The maximum atomic E-state index is 12.4. The van der Waals surface area contributed by atoms with Gasteiger partial charge in [0.05, 0.1) is 17.8 Å². The van der Waals surface area contributed by atoms with E-state index in [1.165, 1.54) is 0 Å². The fourth-order valence-corrected chi connectivity index (χ4v) is 3.12. The summed E-state index contributed by atoms with van der Waals surface area (Å²) < 4.78 is 1.93. The number of aromatic nitrogens is 2. The molecule has 0 aliphatic carbocycles. The molecule has 1 aliphatic heterocycles. The summed E-state index contributed by atoms with van der Waals surface area (Å²) in [7, 11) is 1.91. The summed E-state index contributed by atoms with van der Waals surface area (Å²) in [5.41, 5.74) is 4.19. The molecule has 1 aromatic heterocycles. The van der Waals surface area contributed by atoms with E-state index in [2.05, 4.69) is 16.5 Å². The van der Waals surface area contributed by atoms with E-state index in [9.17, 15) is 4.79 Å². The van der Waals surface area contributed by atoms with E-state index < -0.39 is 0 Å². The normalized spacial score (nSPS) is 17.4. The molecule has 0 bridgehead atoms. The van der Waals surface area contributed by atoms with Crippen molar-refractivity contribution < 1.29 is 4.79 Å². The van der Waals surface area contributed by atoms with Crippen LogP contribution in [-0.4, -0.2) is 46.8 Å². The van der Waals surface area contributed by atoms with Crippen molar-refractivity contribution >= 4 is 5.91 Å². The lowest BCUT2D eigenvalue weighted by Gasteiger charge is -2.23. The highest BCUT2D eigenvalue weighted by molar-refractivity contribution is 5.79. The van der Waals surface area contributed by atoms with Gasteiger partial charge in [0.25, 0.3) is 0 Å². The molecule has 0 radical (unpaired) electrons. The number of hydrogen-bond donors (Lipinski definition) is 1. The first-order valence-corrected chi connectivity index (χ1v) is 8.13. The van der Waals surface area contributed by atoms with Crippen LogP contribution < -0.4 is 5.32 Å². The molecular formula is C18H24N4O. The van der Waals surface area contributed by atoms with E-state index in [0.717, 1.165) is 42.1 Å². The minimum atomic E-state index is 0.178. The van der Waals surface area contributed by atoms with E-state index >= 15 is 0 Å². The zero-order valence-electron chi connectivity index (χ0n) is 14.0. The predicted molar refractivity (Wildman–Crippen MR) is 90.8 cm³/mol. The largest absolute Gasteiger partial charge is 0.341 e. The second-order valence-electron chi connectivity index (χ2n) is 6.33. The fraction of sp³-hybridized carbons (Fsp3) is 0.444. The number of aryl methyl sites for hydroxylation is 2. The number of carbonyl (C=O) groups excluding carboxylic acids is 1. The van der Waals surface area contributed by atoms with Gasteiger partial charge >= 0.3 is 0 Å². The highest BCUT2D eigenvalue weighted by Gasteiger charge is 2.22. The topological polar surface area (TPSA) is 50.2 Å². The minimum Gasteiger partial charge on any atom is -0.341 e. The van der Waals surface area contributed by atoms with Crippen LogP contribution in [0.3, 0.4) is 0 Å². The second kappa shape index (κ2) is 6.54. The summed E-state index contributed by atoms with van der Waals surface area (Å²) in [6.07, 6.45) is 1.49. The Morgan fingerprint density at radius 3 is 2.65 bits per heavy atom. The van der Waals surface area contributed by atoms with Gasteiger partial charge in [0.1, 0.15) is 0 Å². The van der Waals surface area contributed by atoms with Crippen LogP contribution in [0.1, 0.15) is 23.4 Å². The fourth-order valence-electron chi connectivity index (χ4n) is 3.12. The number of benzene rings is 1. The summed E-state index contributed by atoms with van der Waals surface area (Å²) in [6, 6.07) is 10.5. The van der Waals surface area contributed by atoms with Gasteiger partial charge in [0.15, 0.2) is 0 Å². The number of amides is 1. The standard InChI is InChI=1S/C18H24N4O/c1-13-10-14(2)22(20-13)16-6-4-15(5-7-16)11-18(23)21(3)17-8-9-19-12-17/h4-7,10,17,19H,8-9,11-12H2,1-3H3. The van der Waals surface area contributed by atoms with Crippen molar-refractivity contribution in [3.63, 3.8) is 0 Å². The molecule has 122 valence electrons. The maximum Gasteiger partial charge on any atom is 0.227 e. The molecule has 5 heteroatoms. The number of nitrogens with one attached hydrogen (secondary N) is 1. The second-order valence-corrected chi connectivity index (χ2v) is 6.33. The molecule has 3 rings (SSSR count). The molecule has 0 saturated carbocycles. The zero-order valence-corrected chi connectivity index (χ0v) is 14.0. The summed E-state index contributed by atoms with van der Waals surface area (Å²) >= 11 is 0. The Morgan fingerprint density at radius 1 is 1.35 bits per heavy atom. The van der Waals surface area contributed by atoms with Crippen LogP contribution in [0.4, 0.5) is 0 Å². The number of likely N-dealkylation sites (N-methyl/N-ethyl adjacent to an activating group) is 1. The Hall–Kier alpha value is -2.14. The van der Waals surface area contributed by atoms with Crippen LogP contribution in [0.15, 0.2) is 30.3 Å². The summed E-state index contributed by atoms with van der Waals surface area (Å²) in [6.45, 7) is 5.94. The summed E-state index contributed by atoms with van der Waals surface area (Å²) in [5.74, 6) is 0.178. The monoisotopic (exact) mass is 312 g/mol. The van der Waals surface area contributed by atoms with E-state index in [-0.39, 0.29) is 5.91 Å².